The lowest BCUT2D eigenvalue weighted by Gasteiger charge is -2.02. The van der Waals surface area contributed by atoms with E-state index >= 15 is 0 Å². The Labute approximate surface area is 115 Å². The molecule has 19 heavy (non-hydrogen) atoms. The zero-order valence-electron chi connectivity index (χ0n) is 10.8. The summed E-state index contributed by atoms with van der Waals surface area (Å²) in [5.41, 5.74) is 3.33. The van der Waals surface area contributed by atoms with Crippen molar-refractivity contribution in [3.05, 3.63) is 46.2 Å². The summed E-state index contributed by atoms with van der Waals surface area (Å²) >= 11 is 1.73. The Morgan fingerprint density at radius 3 is 3.21 bits per heavy atom. The van der Waals surface area contributed by atoms with Gasteiger partial charge in [-0.1, -0.05) is 0 Å². The molecule has 0 aliphatic heterocycles. The molecule has 0 aliphatic rings. The predicted molar refractivity (Wildman–Crippen MR) is 78.4 cm³/mol. The molecule has 0 saturated carbocycles. The third-order valence-electron chi connectivity index (χ3n) is 3.03. The van der Waals surface area contributed by atoms with Gasteiger partial charge in [-0.05, 0) is 24.6 Å². The first kappa shape index (κ1) is 12.3. The fraction of sp³-hybridized carbons (Fsp3) is 0.286. The van der Waals surface area contributed by atoms with Crippen molar-refractivity contribution in [2.24, 2.45) is 0 Å². The van der Waals surface area contributed by atoms with E-state index in [1.54, 1.807) is 17.5 Å². The van der Waals surface area contributed by atoms with Crippen LogP contribution in [0.2, 0.25) is 0 Å². The minimum atomic E-state index is 0.857. The van der Waals surface area contributed by atoms with Crippen LogP contribution in [0.25, 0.3) is 11.0 Å². The molecular weight excluding hydrogens is 256 g/mol. The predicted octanol–water partition coefficient (Wildman–Crippen LogP) is 2.66. The van der Waals surface area contributed by atoms with Crippen LogP contribution in [-0.4, -0.2) is 21.5 Å². The summed E-state index contributed by atoms with van der Waals surface area (Å²) in [7, 11) is 0. The molecule has 3 aromatic rings. The van der Waals surface area contributed by atoms with Crippen molar-refractivity contribution in [1.82, 2.24) is 20.3 Å². The lowest BCUT2D eigenvalue weighted by molar-refractivity contribution is 0.687. The van der Waals surface area contributed by atoms with Gasteiger partial charge in [-0.25, -0.2) is 9.97 Å². The van der Waals surface area contributed by atoms with Crippen LogP contribution < -0.4 is 5.32 Å². The quantitative estimate of drug-likeness (QED) is 0.702. The van der Waals surface area contributed by atoms with Crippen molar-refractivity contribution >= 4 is 22.4 Å². The molecule has 3 heterocycles. The average Bonchev–Trinajstić information content (AvgIpc) is 3.02. The first-order valence-corrected chi connectivity index (χ1v) is 7.23. The summed E-state index contributed by atoms with van der Waals surface area (Å²) in [4.78, 5) is 11.9. The molecule has 0 saturated heterocycles. The molecule has 0 spiro atoms. The number of nitrogens with one attached hydrogen (secondary N) is 2. The number of pyridine rings is 1. The van der Waals surface area contributed by atoms with Crippen molar-refractivity contribution in [3.63, 3.8) is 0 Å². The summed E-state index contributed by atoms with van der Waals surface area (Å²) in [6.45, 7) is 3.84. The molecule has 0 atom stereocenters. The van der Waals surface area contributed by atoms with E-state index in [1.807, 2.05) is 19.2 Å². The Kier molecular flexibility index (Phi) is 3.57. The summed E-state index contributed by atoms with van der Waals surface area (Å²) in [6, 6.07) is 4.07. The minimum absolute atomic E-state index is 0.857. The van der Waals surface area contributed by atoms with Crippen LogP contribution in [-0.2, 0) is 13.0 Å². The SMILES string of the molecule is Cc1csc(CCNCc2c[nH]c3ncccc23)n1. The molecule has 4 nitrogen and oxygen atoms in total. The first-order valence-electron chi connectivity index (χ1n) is 6.35. The Bertz CT molecular complexity index is 671. The van der Waals surface area contributed by atoms with Crippen LogP contribution in [0.4, 0.5) is 0 Å². The van der Waals surface area contributed by atoms with Crippen LogP contribution in [0.5, 0.6) is 0 Å². The standard InChI is InChI=1S/C14H16N4S/c1-10-9-19-13(18-10)4-6-15-7-11-8-17-14-12(11)3-2-5-16-14/h2-3,5,8-9,15H,4,6-7H2,1H3,(H,16,17). The van der Waals surface area contributed by atoms with Crippen molar-refractivity contribution < 1.29 is 0 Å². The van der Waals surface area contributed by atoms with E-state index in [1.165, 1.54) is 16.0 Å². The van der Waals surface area contributed by atoms with Crippen molar-refractivity contribution in [2.45, 2.75) is 19.9 Å². The van der Waals surface area contributed by atoms with Crippen LogP contribution in [0.3, 0.4) is 0 Å². The van der Waals surface area contributed by atoms with Gasteiger partial charge in [0, 0.05) is 48.4 Å². The van der Waals surface area contributed by atoms with E-state index in [0.717, 1.165) is 30.9 Å². The largest absolute Gasteiger partial charge is 0.346 e. The number of aromatic nitrogens is 3. The zero-order chi connectivity index (χ0) is 13.1. The van der Waals surface area contributed by atoms with Gasteiger partial charge in [0.15, 0.2) is 0 Å². The van der Waals surface area contributed by atoms with Gasteiger partial charge >= 0.3 is 0 Å². The number of rotatable bonds is 5. The number of aromatic amines is 1. The number of hydrogen-bond donors (Lipinski definition) is 2. The second-order valence-corrected chi connectivity index (χ2v) is 5.47. The van der Waals surface area contributed by atoms with E-state index in [2.05, 4.69) is 31.7 Å². The second kappa shape index (κ2) is 5.50. The van der Waals surface area contributed by atoms with E-state index < -0.39 is 0 Å². The van der Waals surface area contributed by atoms with Crippen molar-refractivity contribution in [2.75, 3.05) is 6.54 Å². The molecule has 0 aromatic carbocycles. The number of fused-ring (bicyclic) bond motifs is 1. The lowest BCUT2D eigenvalue weighted by atomic mass is 10.2. The number of thiazole rings is 1. The van der Waals surface area contributed by atoms with Gasteiger partial charge in [-0.3, -0.25) is 0 Å². The van der Waals surface area contributed by atoms with E-state index in [9.17, 15) is 0 Å². The Morgan fingerprint density at radius 1 is 1.42 bits per heavy atom. The fourth-order valence-electron chi connectivity index (χ4n) is 2.09. The van der Waals surface area contributed by atoms with E-state index in [4.69, 9.17) is 0 Å². The van der Waals surface area contributed by atoms with Crippen LogP contribution in [0.15, 0.2) is 29.9 Å². The smallest absolute Gasteiger partial charge is 0.137 e. The number of nitrogens with zero attached hydrogens (tertiary/aromatic N) is 2. The van der Waals surface area contributed by atoms with Crippen LogP contribution in [0.1, 0.15) is 16.3 Å². The van der Waals surface area contributed by atoms with E-state index in [-0.39, 0.29) is 0 Å². The number of aryl methyl sites for hydroxylation is 1. The molecule has 2 N–H and O–H groups in total. The highest BCUT2D eigenvalue weighted by molar-refractivity contribution is 7.09. The average molecular weight is 272 g/mol. The third kappa shape index (κ3) is 2.83. The highest BCUT2D eigenvalue weighted by atomic mass is 32.1. The minimum Gasteiger partial charge on any atom is -0.346 e. The number of H-pyrrole nitrogens is 1. The fourth-order valence-corrected chi connectivity index (χ4v) is 2.87. The maximum Gasteiger partial charge on any atom is 0.137 e. The van der Waals surface area contributed by atoms with Gasteiger partial charge in [0.05, 0.1) is 5.01 Å². The van der Waals surface area contributed by atoms with Gasteiger partial charge in [0.1, 0.15) is 5.65 Å². The second-order valence-electron chi connectivity index (χ2n) is 4.52. The van der Waals surface area contributed by atoms with Crippen LogP contribution in [0, 0.1) is 6.92 Å². The molecule has 3 rings (SSSR count). The Balaban J connectivity index is 1.55. The molecule has 0 fully saturated rings. The summed E-state index contributed by atoms with van der Waals surface area (Å²) < 4.78 is 0. The molecule has 0 radical (unpaired) electrons. The maximum absolute atomic E-state index is 4.46. The topological polar surface area (TPSA) is 53.6 Å². The summed E-state index contributed by atoms with van der Waals surface area (Å²) in [5, 5.41) is 7.95. The molecule has 0 amide bonds. The zero-order valence-corrected chi connectivity index (χ0v) is 11.6. The maximum atomic E-state index is 4.46. The lowest BCUT2D eigenvalue weighted by Crippen LogP contribution is -2.16. The van der Waals surface area contributed by atoms with Gasteiger partial charge in [-0.2, -0.15) is 0 Å². The van der Waals surface area contributed by atoms with Gasteiger partial charge in [0.2, 0.25) is 0 Å². The highest BCUT2D eigenvalue weighted by Crippen LogP contribution is 2.15. The van der Waals surface area contributed by atoms with Gasteiger partial charge < -0.3 is 10.3 Å². The summed E-state index contributed by atoms with van der Waals surface area (Å²) in [5.74, 6) is 0. The molecule has 5 heteroatoms. The van der Waals surface area contributed by atoms with Gasteiger partial charge in [0.25, 0.3) is 0 Å². The molecule has 98 valence electrons. The molecule has 0 bridgehead atoms. The Hall–Kier alpha value is -1.72. The molecule has 0 unspecified atom stereocenters. The molecule has 0 aliphatic carbocycles. The first-order chi connectivity index (χ1) is 9.33. The van der Waals surface area contributed by atoms with Gasteiger partial charge in [-0.15, -0.1) is 11.3 Å². The van der Waals surface area contributed by atoms with Crippen molar-refractivity contribution in [1.29, 1.82) is 0 Å². The number of hydrogen-bond acceptors (Lipinski definition) is 4. The molecule has 3 aromatic heterocycles. The monoisotopic (exact) mass is 272 g/mol. The summed E-state index contributed by atoms with van der Waals surface area (Å²) in [6.07, 6.45) is 4.82. The normalized spacial score (nSPS) is 11.2. The molecular formula is C14H16N4S. The third-order valence-corrected chi connectivity index (χ3v) is 4.06. The van der Waals surface area contributed by atoms with E-state index in [0.29, 0.717) is 0 Å². The Morgan fingerprint density at radius 2 is 2.37 bits per heavy atom. The van der Waals surface area contributed by atoms with Crippen LogP contribution >= 0.6 is 11.3 Å². The highest BCUT2D eigenvalue weighted by Gasteiger charge is 2.03. The van der Waals surface area contributed by atoms with Crippen molar-refractivity contribution in [3.8, 4) is 0 Å².